The van der Waals surface area contributed by atoms with Gasteiger partial charge in [-0.25, -0.2) is 0 Å². The van der Waals surface area contributed by atoms with Crippen molar-refractivity contribution in [1.29, 1.82) is 0 Å². The summed E-state index contributed by atoms with van der Waals surface area (Å²) in [4.78, 5) is 35.9. The van der Waals surface area contributed by atoms with Crippen LogP contribution in [0, 0.1) is 5.92 Å². The molecule has 2 aliphatic rings. The Labute approximate surface area is 99.1 Å². The zero-order chi connectivity index (χ0) is 12.7. The van der Waals surface area contributed by atoms with Crippen LogP contribution < -0.4 is 0 Å². The average Bonchev–Trinajstić information content (AvgIpc) is 2.81. The largest absolute Gasteiger partial charge is 0.481 e. The highest BCUT2D eigenvalue weighted by molar-refractivity contribution is 6.19. The molecule has 17 heavy (non-hydrogen) atoms. The fourth-order valence-electron chi connectivity index (χ4n) is 2.52. The van der Waals surface area contributed by atoms with Crippen LogP contribution >= 0.6 is 0 Å². The minimum Gasteiger partial charge on any atom is -0.481 e. The third-order valence-electron chi connectivity index (χ3n) is 3.76. The molecule has 1 heterocycles. The normalized spacial score (nSPS) is 29.4. The first-order valence-electron chi connectivity index (χ1n) is 5.71. The number of carboxylic acid groups (broad SMARTS) is 1. The van der Waals surface area contributed by atoms with Crippen LogP contribution in [0.4, 0.5) is 0 Å². The van der Waals surface area contributed by atoms with Gasteiger partial charge in [-0.2, -0.15) is 0 Å². The number of amides is 2. The molecule has 0 spiro atoms. The van der Waals surface area contributed by atoms with Crippen LogP contribution in [0.15, 0.2) is 11.1 Å². The molecular formula is C12H15NO4. The van der Waals surface area contributed by atoms with Crippen LogP contribution in [0.2, 0.25) is 0 Å². The van der Waals surface area contributed by atoms with Gasteiger partial charge in [-0.15, -0.1) is 0 Å². The van der Waals surface area contributed by atoms with Crippen molar-refractivity contribution in [3.63, 3.8) is 0 Å². The first kappa shape index (κ1) is 11.8. The maximum absolute atomic E-state index is 11.9. The lowest BCUT2D eigenvalue weighted by molar-refractivity contribution is -0.144. The molecule has 0 bridgehead atoms. The second-order valence-electron chi connectivity index (χ2n) is 4.73. The number of imide groups is 1. The van der Waals surface area contributed by atoms with E-state index >= 15 is 0 Å². The predicted molar refractivity (Wildman–Crippen MR) is 59.0 cm³/mol. The first-order chi connectivity index (χ1) is 7.93. The van der Waals surface area contributed by atoms with Crippen molar-refractivity contribution < 1.29 is 19.5 Å². The van der Waals surface area contributed by atoms with Gasteiger partial charge in [0.25, 0.3) is 11.8 Å². The predicted octanol–water partition coefficient (Wildman–Crippen LogP) is 0.945. The second kappa shape index (κ2) is 3.98. The molecule has 1 fully saturated rings. The average molecular weight is 237 g/mol. The van der Waals surface area contributed by atoms with Crippen LogP contribution in [-0.4, -0.2) is 33.8 Å². The van der Waals surface area contributed by atoms with E-state index in [9.17, 15) is 14.4 Å². The SMILES string of the molecule is CC1=C(C)C(=O)N(C2CCC(C(=O)O)C2)C1=O. The molecule has 1 aliphatic carbocycles. The van der Waals surface area contributed by atoms with Gasteiger partial charge in [0.2, 0.25) is 0 Å². The Bertz CT molecular complexity index is 414. The molecule has 1 aliphatic heterocycles. The van der Waals surface area contributed by atoms with Crippen LogP contribution in [0.3, 0.4) is 0 Å². The third kappa shape index (κ3) is 1.75. The van der Waals surface area contributed by atoms with Crippen molar-refractivity contribution in [3.05, 3.63) is 11.1 Å². The van der Waals surface area contributed by atoms with Crippen LogP contribution in [0.5, 0.6) is 0 Å². The van der Waals surface area contributed by atoms with Gasteiger partial charge in [-0.1, -0.05) is 0 Å². The molecule has 1 N–H and O–H groups in total. The van der Waals surface area contributed by atoms with Gasteiger partial charge >= 0.3 is 5.97 Å². The maximum atomic E-state index is 11.9. The molecule has 0 saturated heterocycles. The van der Waals surface area contributed by atoms with Crippen molar-refractivity contribution in [2.75, 3.05) is 0 Å². The number of rotatable bonds is 2. The minimum absolute atomic E-state index is 0.247. The number of aliphatic carboxylic acids is 1. The molecule has 0 radical (unpaired) electrons. The standard InChI is InChI=1S/C12H15NO4/c1-6-7(2)11(15)13(10(6)14)9-4-3-8(5-9)12(16)17/h8-9H,3-5H2,1-2H3,(H,16,17). The Morgan fingerprint density at radius 2 is 1.71 bits per heavy atom. The van der Waals surface area contributed by atoms with Crippen LogP contribution in [0.1, 0.15) is 33.1 Å². The third-order valence-corrected chi connectivity index (χ3v) is 3.76. The summed E-state index contributed by atoms with van der Waals surface area (Å²) in [6, 6.07) is -0.247. The van der Waals surface area contributed by atoms with E-state index in [1.54, 1.807) is 13.8 Å². The summed E-state index contributed by atoms with van der Waals surface area (Å²) in [7, 11) is 0. The van der Waals surface area contributed by atoms with E-state index in [4.69, 9.17) is 5.11 Å². The number of carboxylic acids is 1. The van der Waals surface area contributed by atoms with Crippen molar-refractivity contribution in [1.82, 2.24) is 4.90 Å². The Balaban J connectivity index is 2.14. The molecule has 2 amide bonds. The minimum atomic E-state index is -0.840. The Morgan fingerprint density at radius 1 is 1.18 bits per heavy atom. The Kier molecular flexibility index (Phi) is 2.77. The monoisotopic (exact) mass is 237 g/mol. The fraction of sp³-hybridized carbons (Fsp3) is 0.583. The van der Waals surface area contributed by atoms with Gasteiger partial charge in [0.15, 0.2) is 0 Å². The molecule has 5 nitrogen and oxygen atoms in total. The molecule has 2 rings (SSSR count). The van der Waals surface area contributed by atoms with Gasteiger partial charge in [0.05, 0.1) is 5.92 Å². The number of hydrogen-bond acceptors (Lipinski definition) is 3. The smallest absolute Gasteiger partial charge is 0.306 e. The summed E-state index contributed by atoms with van der Waals surface area (Å²) in [5.74, 6) is -1.79. The highest BCUT2D eigenvalue weighted by Gasteiger charge is 2.42. The molecule has 0 aromatic rings. The number of carbonyl (C=O) groups excluding carboxylic acids is 2. The van der Waals surface area contributed by atoms with E-state index in [1.165, 1.54) is 4.90 Å². The lowest BCUT2D eigenvalue weighted by Crippen LogP contribution is -2.39. The van der Waals surface area contributed by atoms with Crippen molar-refractivity contribution in [3.8, 4) is 0 Å². The van der Waals surface area contributed by atoms with Gasteiger partial charge < -0.3 is 5.11 Å². The molecule has 2 atom stereocenters. The lowest BCUT2D eigenvalue weighted by atomic mass is 10.1. The van der Waals surface area contributed by atoms with Crippen molar-refractivity contribution >= 4 is 17.8 Å². The summed E-state index contributed by atoms with van der Waals surface area (Å²) in [5, 5.41) is 8.91. The quantitative estimate of drug-likeness (QED) is 0.725. The van der Waals surface area contributed by atoms with Gasteiger partial charge in [-0.3, -0.25) is 19.3 Å². The second-order valence-corrected chi connectivity index (χ2v) is 4.73. The zero-order valence-electron chi connectivity index (χ0n) is 9.90. The molecule has 2 unspecified atom stereocenters. The summed E-state index contributed by atoms with van der Waals surface area (Å²) < 4.78 is 0. The topological polar surface area (TPSA) is 74.7 Å². The lowest BCUT2D eigenvalue weighted by Gasteiger charge is -2.22. The maximum Gasteiger partial charge on any atom is 0.306 e. The molecule has 5 heteroatoms. The van der Waals surface area contributed by atoms with Crippen molar-refractivity contribution in [2.24, 2.45) is 5.92 Å². The molecule has 0 aromatic heterocycles. The van der Waals surface area contributed by atoms with E-state index in [0.717, 1.165) is 0 Å². The van der Waals surface area contributed by atoms with E-state index in [1.807, 2.05) is 0 Å². The highest BCUT2D eigenvalue weighted by Crippen LogP contribution is 2.33. The molecule has 1 saturated carbocycles. The fourth-order valence-corrected chi connectivity index (χ4v) is 2.52. The summed E-state index contributed by atoms with van der Waals surface area (Å²) in [6.45, 7) is 3.28. The van der Waals surface area contributed by atoms with Crippen molar-refractivity contribution in [2.45, 2.75) is 39.2 Å². The number of nitrogens with zero attached hydrogens (tertiary/aromatic N) is 1. The summed E-state index contributed by atoms with van der Waals surface area (Å²) in [6.07, 6.45) is 1.51. The van der Waals surface area contributed by atoms with Gasteiger partial charge in [-0.05, 0) is 33.1 Å². The molecular weight excluding hydrogens is 222 g/mol. The van der Waals surface area contributed by atoms with E-state index in [-0.39, 0.29) is 17.9 Å². The van der Waals surface area contributed by atoms with E-state index < -0.39 is 11.9 Å². The van der Waals surface area contributed by atoms with Gasteiger partial charge in [0.1, 0.15) is 0 Å². The van der Waals surface area contributed by atoms with E-state index in [2.05, 4.69) is 0 Å². The highest BCUT2D eigenvalue weighted by atomic mass is 16.4. The molecule has 92 valence electrons. The first-order valence-corrected chi connectivity index (χ1v) is 5.71. The summed E-state index contributed by atoms with van der Waals surface area (Å²) in [5.41, 5.74) is 0.961. The Morgan fingerprint density at radius 3 is 2.12 bits per heavy atom. The zero-order valence-corrected chi connectivity index (χ0v) is 9.90. The number of carbonyl (C=O) groups is 3. The molecule has 0 aromatic carbocycles. The van der Waals surface area contributed by atoms with E-state index in [0.29, 0.717) is 30.4 Å². The summed E-state index contributed by atoms with van der Waals surface area (Å²) >= 11 is 0. The van der Waals surface area contributed by atoms with Crippen LogP contribution in [0.25, 0.3) is 0 Å². The Hall–Kier alpha value is -1.65. The number of hydrogen-bond donors (Lipinski definition) is 1. The van der Waals surface area contributed by atoms with Crippen LogP contribution in [-0.2, 0) is 14.4 Å². The van der Waals surface area contributed by atoms with Gasteiger partial charge in [0, 0.05) is 17.2 Å².